The van der Waals surface area contributed by atoms with Crippen LogP contribution in [0.3, 0.4) is 0 Å². The van der Waals surface area contributed by atoms with Gasteiger partial charge in [-0.25, -0.2) is 13.4 Å². The molecule has 26 heavy (non-hydrogen) atoms. The molecule has 0 saturated heterocycles. The Labute approximate surface area is 150 Å². The van der Waals surface area contributed by atoms with Crippen LogP contribution in [0.1, 0.15) is 6.92 Å². The molecular weight excluding hydrogens is 354 g/mol. The number of hydrogen-bond donors (Lipinski definition) is 1. The Kier molecular flexibility index (Phi) is 4.85. The van der Waals surface area contributed by atoms with Crippen LogP contribution in [0.5, 0.6) is 0 Å². The minimum absolute atomic E-state index is 0.0105. The SMILES string of the molecule is CCS(=O)(=O)c1ccc(NC(=O)Cn2cnc3ccccc3c2=O)cc1. The van der Waals surface area contributed by atoms with Crippen molar-refractivity contribution >= 4 is 32.3 Å². The predicted molar refractivity (Wildman–Crippen MR) is 98.8 cm³/mol. The molecule has 134 valence electrons. The van der Waals surface area contributed by atoms with E-state index in [1.807, 2.05) is 0 Å². The van der Waals surface area contributed by atoms with Gasteiger partial charge in [0.2, 0.25) is 5.91 Å². The summed E-state index contributed by atoms with van der Waals surface area (Å²) in [6.07, 6.45) is 1.33. The molecule has 0 atom stereocenters. The molecule has 7 nitrogen and oxygen atoms in total. The molecule has 3 rings (SSSR count). The number of para-hydroxylation sites is 1. The van der Waals surface area contributed by atoms with Gasteiger partial charge in [-0.15, -0.1) is 0 Å². The maximum atomic E-state index is 12.4. The molecule has 0 bridgehead atoms. The first kappa shape index (κ1) is 17.8. The second kappa shape index (κ2) is 7.09. The number of carbonyl (C=O) groups is 1. The van der Waals surface area contributed by atoms with Gasteiger partial charge in [-0.2, -0.15) is 0 Å². The lowest BCUT2D eigenvalue weighted by molar-refractivity contribution is -0.116. The van der Waals surface area contributed by atoms with Crippen molar-refractivity contribution in [2.45, 2.75) is 18.4 Å². The van der Waals surface area contributed by atoms with Crippen molar-refractivity contribution in [2.75, 3.05) is 11.1 Å². The predicted octanol–water partition coefficient (Wildman–Crippen LogP) is 1.83. The fourth-order valence-corrected chi connectivity index (χ4v) is 3.37. The number of fused-ring (bicyclic) bond motifs is 1. The molecule has 1 aromatic heterocycles. The molecule has 1 amide bonds. The topological polar surface area (TPSA) is 98.1 Å². The zero-order chi connectivity index (χ0) is 18.7. The number of aromatic nitrogens is 2. The lowest BCUT2D eigenvalue weighted by Crippen LogP contribution is -2.27. The monoisotopic (exact) mass is 371 g/mol. The van der Waals surface area contributed by atoms with E-state index in [1.54, 1.807) is 31.2 Å². The van der Waals surface area contributed by atoms with E-state index in [2.05, 4.69) is 10.3 Å². The average Bonchev–Trinajstić information content (AvgIpc) is 2.65. The van der Waals surface area contributed by atoms with Crippen molar-refractivity contribution in [1.29, 1.82) is 0 Å². The number of sulfone groups is 1. The quantitative estimate of drug-likeness (QED) is 0.738. The molecule has 1 heterocycles. The number of nitrogens with one attached hydrogen (secondary N) is 1. The van der Waals surface area contributed by atoms with E-state index in [9.17, 15) is 18.0 Å². The number of anilines is 1. The van der Waals surface area contributed by atoms with E-state index in [0.717, 1.165) is 0 Å². The van der Waals surface area contributed by atoms with E-state index in [4.69, 9.17) is 0 Å². The number of carbonyl (C=O) groups excluding carboxylic acids is 1. The van der Waals surface area contributed by atoms with Crippen LogP contribution < -0.4 is 10.9 Å². The van der Waals surface area contributed by atoms with Crippen LogP contribution in [0.15, 0.2) is 64.5 Å². The number of rotatable bonds is 5. The molecule has 0 unspecified atom stereocenters. The molecule has 1 N–H and O–H groups in total. The van der Waals surface area contributed by atoms with E-state index in [1.165, 1.54) is 35.2 Å². The summed E-state index contributed by atoms with van der Waals surface area (Å²) in [5, 5.41) is 3.08. The number of benzene rings is 2. The Balaban J connectivity index is 1.75. The highest BCUT2D eigenvalue weighted by atomic mass is 32.2. The van der Waals surface area contributed by atoms with Gasteiger partial charge in [-0.3, -0.25) is 14.2 Å². The molecule has 2 aromatic carbocycles. The first-order valence-corrected chi connectivity index (χ1v) is 9.63. The summed E-state index contributed by atoms with van der Waals surface area (Å²) in [6.45, 7) is 1.38. The smallest absolute Gasteiger partial charge is 0.261 e. The van der Waals surface area contributed by atoms with Crippen LogP contribution in [-0.2, 0) is 21.2 Å². The Morgan fingerprint density at radius 1 is 1.12 bits per heavy atom. The second-order valence-electron chi connectivity index (χ2n) is 5.67. The van der Waals surface area contributed by atoms with E-state index >= 15 is 0 Å². The molecule has 0 spiro atoms. The van der Waals surface area contributed by atoms with Crippen molar-refractivity contribution in [3.8, 4) is 0 Å². The van der Waals surface area contributed by atoms with Crippen molar-refractivity contribution < 1.29 is 13.2 Å². The highest BCUT2D eigenvalue weighted by molar-refractivity contribution is 7.91. The standard InChI is InChI=1S/C18H17N3O4S/c1-2-26(24,25)14-9-7-13(8-10-14)20-17(22)11-21-12-19-16-6-4-3-5-15(16)18(21)23/h3-10,12H,2,11H2,1H3,(H,20,22). The maximum absolute atomic E-state index is 12.4. The maximum Gasteiger partial charge on any atom is 0.261 e. The molecule has 0 aliphatic carbocycles. The minimum Gasteiger partial charge on any atom is -0.325 e. The van der Waals surface area contributed by atoms with Crippen molar-refractivity contribution in [3.63, 3.8) is 0 Å². The van der Waals surface area contributed by atoms with E-state index < -0.39 is 15.7 Å². The van der Waals surface area contributed by atoms with Gasteiger partial charge in [0.25, 0.3) is 5.56 Å². The number of hydrogen-bond acceptors (Lipinski definition) is 5. The van der Waals surface area contributed by atoms with Crippen molar-refractivity contribution in [2.24, 2.45) is 0 Å². The van der Waals surface area contributed by atoms with Gasteiger partial charge in [0.05, 0.1) is 27.9 Å². The van der Waals surface area contributed by atoms with E-state index in [-0.39, 0.29) is 22.8 Å². The summed E-state index contributed by atoms with van der Waals surface area (Å²) in [4.78, 5) is 28.9. The molecule has 0 aliphatic rings. The molecular formula is C18H17N3O4S. The third kappa shape index (κ3) is 3.65. The highest BCUT2D eigenvalue weighted by Gasteiger charge is 2.12. The first-order valence-electron chi connectivity index (χ1n) is 7.97. The molecule has 0 radical (unpaired) electrons. The van der Waals surface area contributed by atoms with Crippen LogP contribution in [-0.4, -0.2) is 29.6 Å². The number of nitrogens with zero attached hydrogens (tertiary/aromatic N) is 2. The van der Waals surface area contributed by atoms with Crippen LogP contribution in [0.4, 0.5) is 5.69 Å². The molecule has 8 heteroatoms. The minimum atomic E-state index is -3.28. The third-order valence-corrected chi connectivity index (χ3v) is 5.67. The van der Waals surface area contributed by atoms with Gasteiger partial charge >= 0.3 is 0 Å². The van der Waals surface area contributed by atoms with Gasteiger partial charge in [0.15, 0.2) is 9.84 Å². The first-order chi connectivity index (χ1) is 12.4. The van der Waals surface area contributed by atoms with Gasteiger partial charge in [0.1, 0.15) is 6.54 Å². The third-order valence-electron chi connectivity index (χ3n) is 3.92. The Morgan fingerprint density at radius 2 is 1.81 bits per heavy atom. The summed E-state index contributed by atoms with van der Waals surface area (Å²) in [5.41, 5.74) is 0.726. The van der Waals surface area contributed by atoms with Crippen LogP contribution in [0.2, 0.25) is 0 Å². The Bertz CT molecular complexity index is 1120. The fourth-order valence-electron chi connectivity index (χ4n) is 2.49. The van der Waals surface area contributed by atoms with Gasteiger partial charge in [-0.05, 0) is 36.4 Å². The normalized spacial score (nSPS) is 11.4. The second-order valence-corrected chi connectivity index (χ2v) is 7.95. The number of amides is 1. The summed E-state index contributed by atoms with van der Waals surface area (Å²) in [5.74, 6) is -0.397. The van der Waals surface area contributed by atoms with Gasteiger partial charge in [-0.1, -0.05) is 19.1 Å². The van der Waals surface area contributed by atoms with Crippen LogP contribution in [0, 0.1) is 0 Å². The fraction of sp³-hybridized carbons (Fsp3) is 0.167. The molecule has 0 aliphatic heterocycles. The van der Waals surface area contributed by atoms with Crippen molar-refractivity contribution in [1.82, 2.24) is 9.55 Å². The highest BCUT2D eigenvalue weighted by Crippen LogP contribution is 2.15. The lowest BCUT2D eigenvalue weighted by Gasteiger charge is -2.09. The van der Waals surface area contributed by atoms with Crippen molar-refractivity contribution in [3.05, 3.63) is 65.2 Å². The molecule has 0 fully saturated rings. The Morgan fingerprint density at radius 3 is 2.50 bits per heavy atom. The lowest BCUT2D eigenvalue weighted by atomic mass is 10.2. The molecule has 3 aromatic rings. The molecule has 0 saturated carbocycles. The zero-order valence-electron chi connectivity index (χ0n) is 14.0. The average molecular weight is 371 g/mol. The Hall–Kier alpha value is -3.00. The summed E-state index contributed by atoms with van der Waals surface area (Å²) < 4.78 is 24.8. The largest absolute Gasteiger partial charge is 0.325 e. The summed E-state index contributed by atoms with van der Waals surface area (Å²) in [6, 6.07) is 12.8. The van der Waals surface area contributed by atoms with Gasteiger partial charge in [0, 0.05) is 5.69 Å². The summed E-state index contributed by atoms with van der Waals surface area (Å²) in [7, 11) is -3.28. The summed E-state index contributed by atoms with van der Waals surface area (Å²) >= 11 is 0. The van der Waals surface area contributed by atoms with Crippen LogP contribution in [0.25, 0.3) is 10.9 Å². The van der Waals surface area contributed by atoms with Crippen LogP contribution >= 0.6 is 0 Å². The van der Waals surface area contributed by atoms with Gasteiger partial charge < -0.3 is 5.32 Å². The zero-order valence-corrected chi connectivity index (χ0v) is 14.9. The van der Waals surface area contributed by atoms with E-state index in [0.29, 0.717) is 16.6 Å².